The lowest BCUT2D eigenvalue weighted by molar-refractivity contribution is 0.623. The number of halogens is 3. The smallest absolute Gasteiger partial charge is 0.139 e. The first-order valence-electron chi connectivity index (χ1n) is 4.15. The lowest BCUT2D eigenvalue weighted by Gasteiger charge is -1.99. The van der Waals surface area contributed by atoms with E-state index < -0.39 is 0 Å². The predicted molar refractivity (Wildman–Crippen MR) is 58.4 cm³/mol. The first kappa shape index (κ1) is 11.4. The van der Waals surface area contributed by atoms with Crippen LogP contribution in [0.3, 0.4) is 0 Å². The number of aryl methyl sites for hydroxylation is 1. The van der Waals surface area contributed by atoms with Gasteiger partial charge in [-0.3, -0.25) is 0 Å². The summed E-state index contributed by atoms with van der Waals surface area (Å²) in [4.78, 5) is 0. The molecule has 3 heteroatoms. The summed E-state index contributed by atoms with van der Waals surface area (Å²) >= 11 is 11.3. The average molecular weight is 231 g/mol. The van der Waals surface area contributed by atoms with Crippen LogP contribution in [0, 0.1) is 24.6 Å². The van der Waals surface area contributed by atoms with Crippen LogP contribution < -0.4 is 0 Å². The molecule has 1 rings (SSSR count). The fourth-order valence-corrected chi connectivity index (χ4v) is 1.21. The summed E-state index contributed by atoms with van der Waals surface area (Å²) in [6.07, 6.45) is 0.548. The zero-order chi connectivity index (χ0) is 10.6. The Labute approximate surface area is 93.0 Å². The Morgan fingerprint density at radius 1 is 1.43 bits per heavy atom. The fraction of sp³-hybridized carbons (Fsp3) is 0.273. The lowest BCUT2D eigenvalue weighted by atomic mass is 10.1. The third-order valence-corrected chi connectivity index (χ3v) is 2.29. The molecule has 0 aliphatic heterocycles. The van der Waals surface area contributed by atoms with E-state index in [4.69, 9.17) is 23.2 Å². The van der Waals surface area contributed by atoms with Gasteiger partial charge in [-0.15, -0.1) is 11.6 Å². The van der Waals surface area contributed by atoms with E-state index in [0.717, 1.165) is 0 Å². The van der Waals surface area contributed by atoms with E-state index in [-0.39, 0.29) is 5.82 Å². The fourth-order valence-electron chi connectivity index (χ4n) is 0.947. The minimum absolute atomic E-state index is 0.325. The number of hydrogen-bond donors (Lipinski definition) is 0. The van der Waals surface area contributed by atoms with E-state index in [1.54, 1.807) is 6.92 Å². The summed E-state index contributed by atoms with van der Waals surface area (Å²) < 4.78 is 13.3. The van der Waals surface area contributed by atoms with Crippen molar-refractivity contribution in [2.75, 3.05) is 5.88 Å². The lowest BCUT2D eigenvalue weighted by Crippen LogP contribution is -1.86. The van der Waals surface area contributed by atoms with Gasteiger partial charge < -0.3 is 0 Å². The molecule has 74 valence electrons. The maximum absolute atomic E-state index is 13.3. The van der Waals surface area contributed by atoms with Gasteiger partial charge in [0.05, 0.1) is 5.56 Å². The molecule has 0 fully saturated rings. The molecule has 1 aromatic rings. The summed E-state index contributed by atoms with van der Waals surface area (Å²) in [5, 5.41) is 0.529. The number of alkyl halides is 1. The van der Waals surface area contributed by atoms with Crippen LogP contribution in [0.15, 0.2) is 12.1 Å². The van der Waals surface area contributed by atoms with Crippen molar-refractivity contribution in [3.63, 3.8) is 0 Å². The van der Waals surface area contributed by atoms with Crippen LogP contribution in [0.2, 0.25) is 5.02 Å². The third kappa shape index (κ3) is 2.90. The summed E-state index contributed by atoms with van der Waals surface area (Å²) in [7, 11) is 0. The van der Waals surface area contributed by atoms with Gasteiger partial charge in [-0.1, -0.05) is 23.4 Å². The monoisotopic (exact) mass is 230 g/mol. The molecule has 0 saturated carbocycles. The summed E-state index contributed by atoms with van der Waals surface area (Å²) in [6.45, 7) is 1.75. The van der Waals surface area contributed by atoms with Crippen LogP contribution >= 0.6 is 23.2 Å². The average Bonchev–Trinajstić information content (AvgIpc) is 2.14. The number of rotatable bonds is 1. The van der Waals surface area contributed by atoms with Crippen molar-refractivity contribution in [1.82, 2.24) is 0 Å². The van der Waals surface area contributed by atoms with Gasteiger partial charge >= 0.3 is 0 Å². The van der Waals surface area contributed by atoms with Gasteiger partial charge in [0.1, 0.15) is 5.82 Å². The number of hydrogen-bond acceptors (Lipinski definition) is 0. The Balaban J connectivity index is 3.00. The van der Waals surface area contributed by atoms with Gasteiger partial charge in [-0.2, -0.15) is 0 Å². The second-order valence-electron chi connectivity index (χ2n) is 2.82. The molecular formula is C11H9Cl2F. The van der Waals surface area contributed by atoms with E-state index >= 15 is 0 Å². The van der Waals surface area contributed by atoms with Gasteiger partial charge in [-0.25, -0.2) is 4.39 Å². The molecular weight excluding hydrogens is 222 g/mol. The maximum Gasteiger partial charge on any atom is 0.139 e. The number of benzene rings is 1. The molecule has 0 aliphatic carbocycles. The molecule has 0 atom stereocenters. The van der Waals surface area contributed by atoms with Crippen LogP contribution in [0.4, 0.5) is 4.39 Å². The van der Waals surface area contributed by atoms with Crippen molar-refractivity contribution < 1.29 is 4.39 Å². The Hall–Kier alpha value is -0.710. The van der Waals surface area contributed by atoms with Crippen LogP contribution in [0.1, 0.15) is 17.5 Å². The Morgan fingerprint density at radius 3 is 2.79 bits per heavy atom. The van der Waals surface area contributed by atoms with Gasteiger partial charge in [0.2, 0.25) is 0 Å². The summed E-state index contributed by atoms with van der Waals surface area (Å²) in [5.74, 6) is 5.56. The third-order valence-electron chi connectivity index (χ3n) is 1.69. The molecule has 0 radical (unpaired) electrons. The highest BCUT2D eigenvalue weighted by atomic mass is 35.5. The van der Waals surface area contributed by atoms with E-state index in [1.807, 2.05) is 0 Å². The summed E-state index contributed by atoms with van der Waals surface area (Å²) in [5.41, 5.74) is 1.04. The molecule has 0 nitrogen and oxygen atoms in total. The van der Waals surface area contributed by atoms with Crippen molar-refractivity contribution in [3.8, 4) is 11.8 Å². The van der Waals surface area contributed by atoms with Crippen LogP contribution in [0.25, 0.3) is 0 Å². The molecule has 14 heavy (non-hydrogen) atoms. The highest BCUT2D eigenvalue weighted by Gasteiger charge is 2.02. The molecule has 0 unspecified atom stereocenters. The van der Waals surface area contributed by atoms with Crippen molar-refractivity contribution in [2.45, 2.75) is 13.3 Å². The Morgan fingerprint density at radius 2 is 2.14 bits per heavy atom. The largest absolute Gasteiger partial charge is 0.206 e. The van der Waals surface area contributed by atoms with Crippen LogP contribution in [-0.4, -0.2) is 5.88 Å². The zero-order valence-electron chi connectivity index (χ0n) is 7.70. The standard InChI is InChI=1S/C11H9Cl2F/c1-8-6-11(14)9(7-10(8)13)4-2-3-5-12/h6-7H,3,5H2,1H3. The maximum atomic E-state index is 13.3. The van der Waals surface area contributed by atoms with E-state index in [9.17, 15) is 4.39 Å². The molecule has 0 N–H and O–H groups in total. The van der Waals surface area contributed by atoms with E-state index in [2.05, 4.69) is 11.8 Å². The SMILES string of the molecule is Cc1cc(F)c(C#CCCCl)cc1Cl. The molecule has 0 aliphatic rings. The van der Waals surface area contributed by atoms with E-state index in [0.29, 0.717) is 28.5 Å². The molecule has 0 spiro atoms. The van der Waals surface area contributed by atoms with Crippen molar-refractivity contribution in [3.05, 3.63) is 34.1 Å². The Bertz CT molecular complexity index is 388. The predicted octanol–water partition coefficient (Wildman–Crippen LogP) is 3.77. The van der Waals surface area contributed by atoms with Crippen molar-refractivity contribution >= 4 is 23.2 Å². The van der Waals surface area contributed by atoms with E-state index in [1.165, 1.54) is 12.1 Å². The van der Waals surface area contributed by atoms with Crippen molar-refractivity contribution in [2.24, 2.45) is 0 Å². The van der Waals surface area contributed by atoms with Gasteiger partial charge in [0.25, 0.3) is 0 Å². The molecule has 0 saturated heterocycles. The minimum Gasteiger partial charge on any atom is -0.206 e. The molecule has 1 aromatic carbocycles. The molecule has 0 aromatic heterocycles. The zero-order valence-corrected chi connectivity index (χ0v) is 9.21. The first-order valence-corrected chi connectivity index (χ1v) is 5.07. The quantitative estimate of drug-likeness (QED) is 0.509. The second kappa shape index (κ2) is 5.24. The topological polar surface area (TPSA) is 0 Å². The van der Waals surface area contributed by atoms with Crippen LogP contribution in [-0.2, 0) is 0 Å². The highest BCUT2D eigenvalue weighted by molar-refractivity contribution is 6.31. The second-order valence-corrected chi connectivity index (χ2v) is 3.61. The van der Waals surface area contributed by atoms with Gasteiger partial charge in [-0.05, 0) is 24.6 Å². The summed E-state index contributed by atoms with van der Waals surface area (Å²) in [6, 6.07) is 2.92. The van der Waals surface area contributed by atoms with Gasteiger partial charge in [0, 0.05) is 17.3 Å². The Kier molecular flexibility index (Phi) is 4.25. The van der Waals surface area contributed by atoms with Gasteiger partial charge in [0.15, 0.2) is 0 Å². The van der Waals surface area contributed by atoms with Crippen molar-refractivity contribution in [1.29, 1.82) is 0 Å². The normalized spacial score (nSPS) is 9.43. The molecule has 0 amide bonds. The molecule has 0 bridgehead atoms. The first-order chi connectivity index (χ1) is 6.65. The minimum atomic E-state index is -0.339. The molecule has 0 heterocycles. The highest BCUT2D eigenvalue weighted by Crippen LogP contribution is 2.19. The van der Waals surface area contributed by atoms with Crippen LogP contribution in [0.5, 0.6) is 0 Å².